The van der Waals surface area contributed by atoms with E-state index in [1.54, 1.807) is 7.11 Å². The number of hydrogen-bond donors (Lipinski definition) is 1. The van der Waals surface area contributed by atoms with Gasteiger partial charge in [0.15, 0.2) is 11.3 Å². The van der Waals surface area contributed by atoms with E-state index in [-0.39, 0.29) is 0 Å². The molecular formula is C14H19NO2. The van der Waals surface area contributed by atoms with Crippen molar-refractivity contribution in [3.05, 3.63) is 29.5 Å². The molecule has 1 aromatic carbocycles. The molecule has 0 atom stereocenters. The lowest BCUT2D eigenvalue weighted by Gasteiger charge is -2.05. The van der Waals surface area contributed by atoms with Crippen molar-refractivity contribution in [1.82, 2.24) is 5.32 Å². The van der Waals surface area contributed by atoms with Crippen LogP contribution in [-0.2, 0) is 6.54 Å². The Morgan fingerprint density at radius 3 is 2.76 bits per heavy atom. The quantitative estimate of drug-likeness (QED) is 0.880. The number of fused-ring (bicyclic) bond motifs is 1. The van der Waals surface area contributed by atoms with Gasteiger partial charge in [-0.3, -0.25) is 0 Å². The highest BCUT2D eigenvalue weighted by atomic mass is 16.5. The summed E-state index contributed by atoms with van der Waals surface area (Å²) in [6, 6.07) is 6.42. The molecule has 1 N–H and O–H groups in total. The summed E-state index contributed by atoms with van der Waals surface area (Å²) in [5, 5.41) is 4.50. The third-order valence-corrected chi connectivity index (χ3v) is 2.92. The summed E-state index contributed by atoms with van der Waals surface area (Å²) in [6.45, 7) is 7.08. The van der Waals surface area contributed by atoms with E-state index in [1.165, 1.54) is 5.56 Å². The first-order valence-electron chi connectivity index (χ1n) is 5.92. The van der Waals surface area contributed by atoms with Crippen molar-refractivity contribution in [2.24, 2.45) is 0 Å². The van der Waals surface area contributed by atoms with Crippen LogP contribution >= 0.6 is 0 Å². The van der Waals surface area contributed by atoms with E-state index in [1.807, 2.05) is 12.1 Å². The van der Waals surface area contributed by atoms with Gasteiger partial charge in [0, 0.05) is 11.4 Å². The van der Waals surface area contributed by atoms with Crippen molar-refractivity contribution in [2.45, 2.75) is 33.4 Å². The van der Waals surface area contributed by atoms with E-state index in [9.17, 15) is 0 Å². The third-order valence-electron chi connectivity index (χ3n) is 2.92. The lowest BCUT2D eigenvalue weighted by atomic mass is 10.1. The summed E-state index contributed by atoms with van der Waals surface area (Å²) in [4.78, 5) is 0. The number of para-hydroxylation sites is 1. The topological polar surface area (TPSA) is 34.4 Å². The summed E-state index contributed by atoms with van der Waals surface area (Å²) in [5.74, 6) is 1.78. The number of hydrogen-bond acceptors (Lipinski definition) is 3. The fourth-order valence-corrected chi connectivity index (χ4v) is 1.89. The zero-order chi connectivity index (χ0) is 12.4. The number of ether oxygens (including phenoxy) is 1. The van der Waals surface area contributed by atoms with Crippen LogP contribution in [0.4, 0.5) is 0 Å². The zero-order valence-electron chi connectivity index (χ0n) is 10.8. The van der Waals surface area contributed by atoms with Gasteiger partial charge in [-0.2, -0.15) is 0 Å². The second-order valence-electron chi connectivity index (χ2n) is 4.52. The van der Waals surface area contributed by atoms with E-state index < -0.39 is 0 Å². The molecule has 1 heterocycles. The van der Waals surface area contributed by atoms with Gasteiger partial charge in [-0.1, -0.05) is 26.0 Å². The van der Waals surface area contributed by atoms with Gasteiger partial charge >= 0.3 is 0 Å². The van der Waals surface area contributed by atoms with Gasteiger partial charge in [-0.05, 0) is 18.6 Å². The number of furan rings is 1. The molecule has 0 unspecified atom stereocenters. The van der Waals surface area contributed by atoms with Crippen LogP contribution in [0.1, 0.15) is 25.2 Å². The lowest BCUT2D eigenvalue weighted by Crippen LogP contribution is -2.21. The molecule has 0 aliphatic heterocycles. The number of nitrogens with one attached hydrogen (secondary N) is 1. The first kappa shape index (κ1) is 12.0. The van der Waals surface area contributed by atoms with Crippen LogP contribution in [0.3, 0.4) is 0 Å². The Morgan fingerprint density at radius 2 is 2.12 bits per heavy atom. The molecule has 0 radical (unpaired) electrons. The molecule has 92 valence electrons. The van der Waals surface area contributed by atoms with E-state index in [2.05, 4.69) is 32.2 Å². The number of benzene rings is 1. The lowest BCUT2D eigenvalue weighted by molar-refractivity contribution is 0.405. The first-order chi connectivity index (χ1) is 8.13. The van der Waals surface area contributed by atoms with Crippen molar-refractivity contribution < 1.29 is 9.15 Å². The van der Waals surface area contributed by atoms with Gasteiger partial charge in [0.05, 0.1) is 13.7 Å². The molecule has 3 heteroatoms. The van der Waals surface area contributed by atoms with Gasteiger partial charge < -0.3 is 14.5 Å². The first-order valence-corrected chi connectivity index (χ1v) is 5.92. The second-order valence-corrected chi connectivity index (χ2v) is 4.52. The molecule has 2 rings (SSSR count). The molecule has 0 fully saturated rings. The molecule has 0 saturated carbocycles. The standard InChI is InChI=1S/C14H19NO2/c1-9(2)15-8-13-10(3)11-6-5-7-12(16-4)14(11)17-13/h5-7,9,15H,8H2,1-4H3. The van der Waals surface area contributed by atoms with Crippen LogP contribution < -0.4 is 10.1 Å². The van der Waals surface area contributed by atoms with Crippen molar-refractivity contribution in [3.63, 3.8) is 0 Å². The molecule has 0 spiro atoms. The maximum Gasteiger partial charge on any atom is 0.176 e. The highest BCUT2D eigenvalue weighted by molar-refractivity contribution is 5.87. The van der Waals surface area contributed by atoms with E-state index in [0.29, 0.717) is 6.04 Å². The number of aryl methyl sites for hydroxylation is 1. The van der Waals surface area contributed by atoms with Gasteiger partial charge in [-0.25, -0.2) is 0 Å². The number of rotatable bonds is 4. The van der Waals surface area contributed by atoms with Crippen molar-refractivity contribution in [1.29, 1.82) is 0 Å². The maximum absolute atomic E-state index is 5.88. The van der Waals surface area contributed by atoms with Gasteiger partial charge in [0.25, 0.3) is 0 Å². The predicted molar refractivity (Wildman–Crippen MR) is 69.5 cm³/mol. The minimum absolute atomic E-state index is 0.449. The Hall–Kier alpha value is -1.48. The van der Waals surface area contributed by atoms with Crippen molar-refractivity contribution in [3.8, 4) is 5.75 Å². The summed E-state index contributed by atoms with van der Waals surface area (Å²) in [5.41, 5.74) is 2.03. The minimum Gasteiger partial charge on any atom is -0.493 e. The normalized spacial score (nSPS) is 11.4. The molecule has 3 nitrogen and oxygen atoms in total. The fraction of sp³-hybridized carbons (Fsp3) is 0.429. The summed E-state index contributed by atoms with van der Waals surface area (Å²) >= 11 is 0. The molecular weight excluding hydrogens is 214 g/mol. The van der Waals surface area contributed by atoms with Crippen molar-refractivity contribution >= 4 is 11.0 Å². The summed E-state index contributed by atoms with van der Waals surface area (Å²) in [7, 11) is 1.67. The van der Waals surface area contributed by atoms with E-state index >= 15 is 0 Å². The Labute approximate surface area is 102 Å². The molecule has 17 heavy (non-hydrogen) atoms. The molecule has 2 aromatic rings. The van der Waals surface area contributed by atoms with Crippen LogP contribution in [0.25, 0.3) is 11.0 Å². The van der Waals surface area contributed by atoms with E-state index in [0.717, 1.165) is 29.0 Å². The average Bonchev–Trinajstić information content (AvgIpc) is 2.64. The van der Waals surface area contributed by atoms with Crippen LogP contribution in [-0.4, -0.2) is 13.2 Å². The van der Waals surface area contributed by atoms with Crippen LogP contribution in [0.5, 0.6) is 5.75 Å². The molecule has 0 aliphatic carbocycles. The molecule has 0 aliphatic rings. The Bertz CT molecular complexity index is 514. The van der Waals surface area contributed by atoms with Crippen LogP contribution in [0, 0.1) is 6.92 Å². The smallest absolute Gasteiger partial charge is 0.176 e. The average molecular weight is 233 g/mol. The second kappa shape index (κ2) is 4.80. The van der Waals surface area contributed by atoms with Gasteiger partial charge in [-0.15, -0.1) is 0 Å². The Kier molecular flexibility index (Phi) is 3.38. The monoisotopic (exact) mass is 233 g/mol. The molecule has 0 amide bonds. The van der Waals surface area contributed by atoms with Gasteiger partial charge in [0.2, 0.25) is 0 Å². The predicted octanol–water partition coefficient (Wildman–Crippen LogP) is 3.25. The summed E-state index contributed by atoms with van der Waals surface area (Å²) < 4.78 is 11.2. The highest BCUT2D eigenvalue weighted by Gasteiger charge is 2.13. The Morgan fingerprint density at radius 1 is 1.35 bits per heavy atom. The number of methoxy groups -OCH3 is 1. The van der Waals surface area contributed by atoms with Crippen LogP contribution in [0.2, 0.25) is 0 Å². The van der Waals surface area contributed by atoms with Crippen molar-refractivity contribution in [2.75, 3.05) is 7.11 Å². The third kappa shape index (κ3) is 2.29. The highest BCUT2D eigenvalue weighted by Crippen LogP contribution is 2.32. The molecule has 0 bridgehead atoms. The summed E-state index contributed by atoms with van der Waals surface area (Å²) in [6.07, 6.45) is 0. The maximum atomic E-state index is 5.88. The van der Waals surface area contributed by atoms with Gasteiger partial charge in [0.1, 0.15) is 5.76 Å². The van der Waals surface area contributed by atoms with Crippen LogP contribution in [0.15, 0.2) is 22.6 Å². The molecule has 1 aromatic heterocycles. The SMILES string of the molecule is COc1cccc2c(C)c(CNC(C)C)oc12. The molecule has 0 saturated heterocycles. The fourth-order valence-electron chi connectivity index (χ4n) is 1.89. The zero-order valence-corrected chi connectivity index (χ0v) is 10.8. The largest absolute Gasteiger partial charge is 0.493 e. The Balaban J connectivity index is 2.41. The van der Waals surface area contributed by atoms with E-state index in [4.69, 9.17) is 9.15 Å². The minimum atomic E-state index is 0.449.